The second-order valence-electron chi connectivity index (χ2n) is 10.2. The minimum Gasteiger partial charge on any atom is -0.460 e. The highest BCUT2D eigenvalue weighted by atomic mass is 35.5. The van der Waals surface area contributed by atoms with Gasteiger partial charge in [-0.3, -0.25) is 0 Å². The normalized spacial score (nSPS) is 21.2. The molecule has 1 fully saturated rings. The van der Waals surface area contributed by atoms with Crippen LogP contribution >= 0.6 is 23.2 Å². The number of benzene rings is 3. The van der Waals surface area contributed by atoms with E-state index < -0.39 is 6.04 Å². The molecule has 1 N–H and O–H groups in total. The number of anilines is 1. The molecule has 3 aromatic carbocycles. The van der Waals surface area contributed by atoms with E-state index in [-0.39, 0.29) is 23.4 Å². The molecular weight excluding hydrogens is 477 g/mol. The molecule has 4 rings (SSSR count). The maximum absolute atomic E-state index is 13.7. The highest BCUT2D eigenvalue weighted by Crippen LogP contribution is 2.44. The van der Waals surface area contributed by atoms with E-state index in [1.807, 2.05) is 30.3 Å². The summed E-state index contributed by atoms with van der Waals surface area (Å²) in [6.07, 6.45) is 2.86. The zero-order valence-electron chi connectivity index (χ0n) is 20.5. The smallest absolute Gasteiger partial charge is 0.333 e. The third-order valence-corrected chi connectivity index (χ3v) is 7.86. The molecule has 5 heteroatoms. The van der Waals surface area contributed by atoms with Crippen LogP contribution in [0.15, 0.2) is 78.9 Å². The molecule has 4 atom stereocenters. The van der Waals surface area contributed by atoms with Crippen molar-refractivity contribution in [3.05, 3.63) is 100 Å². The van der Waals surface area contributed by atoms with Gasteiger partial charge >= 0.3 is 5.97 Å². The van der Waals surface area contributed by atoms with Crippen LogP contribution in [0.5, 0.6) is 0 Å². The Labute approximate surface area is 218 Å². The Hall–Kier alpha value is -2.49. The summed E-state index contributed by atoms with van der Waals surface area (Å²) in [6, 6.07) is 24.5. The third-order valence-electron chi connectivity index (χ3n) is 7.36. The summed E-state index contributed by atoms with van der Waals surface area (Å²) in [5.74, 6) is 0.454. The van der Waals surface area contributed by atoms with Gasteiger partial charge in [-0.15, -0.1) is 0 Å². The van der Waals surface area contributed by atoms with Gasteiger partial charge in [-0.1, -0.05) is 92.9 Å². The quantitative estimate of drug-likeness (QED) is 0.324. The predicted octanol–water partition coefficient (Wildman–Crippen LogP) is 8.47. The number of halogens is 2. The van der Waals surface area contributed by atoms with E-state index in [2.05, 4.69) is 50.4 Å². The second kappa shape index (κ2) is 11.1. The maximum Gasteiger partial charge on any atom is 0.333 e. The molecule has 0 spiro atoms. The molecule has 1 aliphatic carbocycles. The van der Waals surface area contributed by atoms with Crippen LogP contribution in [0.1, 0.15) is 57.2 Å². The van der Waals surface area contributed by atoms with Gasteiger partial charge in [0.25, 0.3) is 0 Å². The first-order valence-electron chi connectivity index (χ1n) is 12.3. The summed E-state index contributed by atoms with van der Waals surface area (Å²) in [4.78, 5) is 13.7. The minimum absolute atomic E-state index is 0.119. The van der Waals surface area contributed by atoms with Crippen LogP contribution < -0.4 is 5.32 Å². The molecule has 0 heterocycles. The van der Waals surface area contributed by atoms with Crippen LogP contribution in [0.4, 0.5) is 5.69 Å². The van der Waals surface area contributed by atoms with Crippen molar-refractivity contribution in [2.75, 3.05) is 5.32 Å². The molecule has 0 unspecified atom stereocenters. The number of nitrogens with one attached hydrogen (secondary N) is 1. The van der Waals surface area contributed by atoms with Crippen molar-refractivity contribution >= 4 is 34.9 Å². The van der Waals surface area contributed by atoms with Crippen LogP contribution in [-0.2, 0) is 14.9 Å². The lowest BCUT2D eigenvalue weighted by Crippen LogP contribution is -2.44. The lowest BCUT2D eigenvalue weighted by Gasteiger charge is -2.44. The Morgan fingerprint density at radius 2 is 1.51 bits per heavy atom. The van der Waals surface area contributed by atoms with Gasteiger partial charge in [0.2, 0.25) is 0 Å². The van der Waals surface area contributed by atoms with Gasteiger partial charge in [0.15, 0.2) is 6.04 Å². The SMILES string of the molecule is C[C@@H]1CC[C@@H](C(C)(C)c2ccccc2)[C@H](OC(=O)[C@H](Nc2ccc(Cl)cc2)c2ccc(Cl)cc2)C1. The van der Waals surface area contributed by atoms with Crippen molar-refractivity contribution < 1.29 is 9.53 Å². The standard InChI is InChI=1S/C30H33Cl2NO2/c1-20-9-18-26(30(2,3)22-7-5-4-6-8-22)27(19-20)35-29(34)28(21-10-12-23(31)13-11-21)33-25-16-14-24(32)15-17-25/h4-8,10-17,20,26-28,33H,9,18-19H2,1-3H3/t20-,26-,27-,28-/m1/s1. The first kappa shape index (κ1) is 25.6. The lowest BCUT2D eigenvalue weighted by molar-refractivity contribution is -0.157. The van der Waals surface area contributed by atoms with Crippen LogP contribution in [-0.4, -0.2) is 12.1 Å². The molecule has 0 aromatic heterocycles. The van der Waals surface area contributed by atoms with Gasteiger partial charge in [0.1, 0.15) is 6.10 Å². The van der Waals surface area contributed by atoms with Crippen molar-refractivity contribution in [2.24, 2.45) is 11.8 Å². The molecule has 0 radical (unpaired) electrons. The van der Waals surface area contributed by atoms with E-state index in [1.165, 1.54) is 5.56 Å². The average Bonchev–Trinajstić information content (AvgIpc) is 2.85. The fourth-order valence-corrected chi connectivity index (χ4v) is 5.48. The average molecular weight is 511 g/mol. The molecule has 3 nitrogen and oxygen atoms in total. The van der Waals surface area contributed by atoms with Crippen LogP contribution in [0, 0.1) is 11.8 Å². The van der Waals surface area contributed by atoms with E-state index in [4.69, 9.17) is 27.9 Å². The summed E-state index contributed by atoms with van der Waals surface area (Å²) in [7, 11) is 0. The fraction of sp³-hybridized carbons (Fsp3) is 0.367. The molecule has 0 amide bonds. The van der Waals surface area contributed by atoms with Gasteiger partial charge in [0.05, 0.1) is 0 Å². The predicted molar refractivity (Wildman–Crippen MR) is 145 cm³/mol. The van der Waals surface area contributed by atoms with Crippen LogP contribution in [0.2, 0.25) is 10.0 Å². The van der Waals surface area contributed by atoms with Gasteiger partial charge in [-0.25, -0.2) is 4.79 Å². The van der Waals surface area contributed by atoms with Crippen LogP contribution in [0.25, 0.3) is 0 Å². The molecule has 0 aliphatic heterocycles. The summed E-state index contributed by atoms with van der Waals surface area (Å²) in [5, 5.41) is 4.62. The molecule has 0 bridgehead atoms. The Bertz CT molecular complexity index is 1110. The molecule has 35 heavy (non-hydrogen) atoms. The molecule has 1 saturated carbocycles. The highest BCUT2D eigenvalue weighted by Gasteiger charge is 2.42. The van der Waals surface area contributed by atoms with E-state index in [0.717, 1.165) is 30.5 Å². The summed E-state index contributed by atoms with van der Waals surface area (Å²) >= 11 is 12.2. The monoisotopic (exact) mass is 509 g/mol. The zero-order chi connectivity index (χ0) is 25.0. The number of ether oxygens (including phenoxy) is 1. The Morgan fingerprint density at radius 3 is 2.14 bits per heavy atom. The summed E-state index contributed by atoms with van der Waals surface area (Å²) in [6.45, 7) is 6.79. The molecule has 1 aliphatic rings. The van der Waals surface area contributed by atoms with Crippen LogP contribution in [0.3, 0.4) is 0 Å². The van der Waals surface area contributed by atoms with Crippen molar-refractivity contribution in [1.29, 1.82) is 0 Å². The Balaban J connectivity index is 1.61. The van der Waals surface area contributed by atoms with Gasteiger partial charge in [0, 0.05) is 21.7 Å². The first-order chi connectivity index (χ1) is 16.7. The number of hydrogen-bond acceptors (Lipinski definition) is 3. The van der Waals surface area contributed by atoms with Crippen molar-refractivity contribution in [3.8, 4) is 0 Å². The number of hydrogen-bond donors (Lipinski definition) is 1. The molecule has 184 valence electrons. The Morgan fingerprint density at radius 1 is 0.914 bits per heavy atom. The molecule has 3 aromatic rings. The zero-order valence-corrected chi connectivity index (χ0v) is 22.0. The number of carbonyl (C=O) groups excluding carboxylic acids is 1. The van der Waals surface area contributed by atoms with E-state index >= 15 is 0 Å². The topological polar surface area (TPSA) is 38.3 Å². The number of carbonyl (C=O) groups is 1. The number of esters is 1. The minimum atomic E-state index is -0.661. The van der Waals surface area contributed by atoms with Crippen molar-refractivity contribution in [1.82, 2.24) is 0 Å². The van der Waals surface area contributed by atoms with Crippen molar-refractivity contribution in [2.45, 2.75) is 57.6 Å². The van der Waals surface area contributed by atoms with Gasteiger partial charge < -0.3 is 10.1 Å². The second-order valence-corrected chi connectivity index (χ2v) is 11.1. The summed E-state index contributed by atoms with van der Waals surface area (Å²) < 4.78 is 6.36. The van der Waals surface area contributed by atoms with E-state index in [0.29, 0.717) is 16.0 Å². The van der Waals surface area contributed by atoms with Gasteiger partial charge in [-0.2, -0.15) is 0 Å². The summed E-state index contributed by atoms with van der Waals surface area (Å²) in [5.41, 5.74) is 2.75. The largest absolute Gasteiger partial charge is 0.460 e. The molecule has 0 saturated heterocycles. The lowest BCUT2D eigenvalue weighted by atomic mass is 9.64. The van der Waals surface area contributed by atoms with E-state index in [9.17, 15) is 4.79 Å². The third kappa shape index (κ3) is 6.20. The van der Waals surface area contributed by atoms with Gasteiger partial charge in [-0.05, 0) is 71.7 Å². The fourth-order valence-electron chi connectivity index (χ4n) is 5.23. The molecular formula is C30H33Cl2NO2. The number of rotatable bonds is 7. The highest BCUT2D eigenvalue weighted by molar-refractivity contribution is 6.30. The Kier molecular flexibility index (Phi) is 8.09. The maximum atomic E-state index is 13.7. The van der Waals surface area contributed by atoms with Crippen molar-refractivity contribution in [3.63, 3.8) is 0 Å². The van der Waals surface area contributed by atoms with E-state index in [1.54, 1.807) is 24.3 Å². The first-order valence-corrected chi connectivity index (χ1v) is 13.0.